The van der Waals surface area contributed by atoms with Gasteiger partial charge in [0.15, 0.2) is 6.10 Å². The smallest absolute Gasteiger partial charge is 0.264 e. The van der Waals surface area contributed by atoms with Gasteiger partial charge in [0.25, 0.3) is 5.91 Å². The van der Waals surface area contributed by atoms with Crippen LogP contribution in [-0.2, 0) is 11.2 Å². The summed E-state index contributed by atoms with van der Waals surface area (Å²) in [4.78, 5) is 27.9. The summed E-state index contributed by atoms with van der Waals surface area (Å²) < 4.78 is 6.34. The highest BCUT2D eigenvalue weighted by Crippen LogP contribution is 2.43. The summed E-state index contributed by atoms with van der Waals surface area (Å²) in [5.41, 5.74) is 3.73. The van der Waals surface area contributed by atoms with E-state index in [9.17, 15) is 4.79 Å². The largest absolute Gasteiger partial charge is 0.479 e. The van der Waals surface area contributed by atoms with Crippen LogP contribution in [0.25, 0.3) is 22.2 Å². The van der Waals surface area contributed by atoms with Gasteiger partial charge in [0.1, 0.15) is 11.4 Å². The highest BCUT2D eigenvalue weighted by atomic mass is 35.5. The van der Waals surface area contributed by atoms with Crippen LogP contribution in [0.4, 0.5) is 0 Å². The van der Waals surface area contributed by atoms with E-state index in [0.29, 0.717) is 17.5 Å². The van der Waals surface area contributed by atoms with Crippen LogP contribution in [0.5, 0.6) is 5.75 Å². The lowest BCUT2D eigenvalue weighted by molar-refractivity contribution is -0.140. The number of piperazine rings is 1. The number of hydrogen-bond donors (Lipinski definition) is 1. The zero-order valence-electron chi connectivity index (χ0n) is 19.5. The molecule has 0 saturated carbocycles. The van der Waals surface area contributed by atoms with Crippen molar-refractivity contribution in [3.63, 3.8) is 0 Å². The highest BCUT2D eigenvalue weighted by Gasteiger charge is 2.36. The average molecular weight is 480 g/mol. The van der Waals surface area contributed by atoms with E-state index in [2.05, 4.69) is 26.8 Å². The van der Waals surface area contributed by atoms with Crippen LogP contribution in [-0.4, -0.2) is 89.0 Å². The molecule has 5 heterocycles. The number of hydrogen-bond acceptors (Lipinski definition) is 5. The first-order valence-electron chi connectivity index (χ1n) is 12.2. The Kier molecular flexibility index (Phi) is 5.71. The van der Waals surface area contributed by atoms with Crippen LogP contribution >= 0.6 is 11.6 Å². The minimum absolute atomic E-state index is 0.0859. The number of amides is 1. The van der Waals surface area contributed by atoms with Crippen LogP contribution in [0.2, 0.25) is 5.02 Å². The summed E-state index contributed by atoms with van der Waals surface area (Å²) >= 11 is 6.50. The molecule has 6 rings (SSSR count). The molecule has 3 aliphatic rings. The number of carbonyl (C=O) groups is 1. The van der Waals surface area contributed by atoms with Gasteiger partial charge < -0.3 is 19.5 Å². The molecular formula is C26H30ClN5O2. The number of aromatic amines is 1. The first-order chi connectivity index (χ1) is 16.6. The van der Waals surface area contributed by atoms with Crippen molar-refractivity contribution in [2.75, 3.05) is 46.3 Å². The molecule has 0 spiro atoms. The maximum Gasteiger partial charge on any atom is 0.264 e. The molecule has 0 bridgehead atoms. The topological polar surface area (TPSA) is 64.7 Å². The number of aromatic nitrogens is 2. The van der Waals surface area contributed by atoms with Crippen LogP contribution < -0.4 is 4.74 Å². The van der Waals surface area contributed by atoms with Crippen molar-refractivity contribution in [3.8, 4) is 16.9 Å². The van der Waals surface area contributed by atoms with E-state index in [1.54, 1.807) is 6.20 Å². The highest BCUT2D eigenvalue weighted by molar-refractivity contribution is 6.31. The molecule has 178 valence electrons. The number of ether oxygens (including phenoxy) is 1. The lowest BCUT2D eigenvalue weighted by Crippen LogP contribution is -2.56. The quantitative estimate of drug-likeness (QED) is 0.623. The van der Waals surface area contributed by atoms with E-state index < -0.39 is 6.10 Å². The summed E-state index contributed by atoms with van der Waals surface area (Å²) in [7, 11) is 2.20. The normalized spacial score (nSPS) is 22.2. The third kappa shape index (κ3) is 3.96. The number of nitrogens with zero attached hydrogens (tertiary/aromatic N) is 4. The van der Waals surface area contributed by atoms with E-state index >= 15 is 0 Å². The van der Waals surface area contributed by atoms with Crippen molar-refractivity contribution >= 4 is 28.5 Å². The average Bonchev–Trinajstić information content (AvgIpc) is 3.51. The van der Waals surface area contributed by atoms with Crippen molar-refractivity contribution in [1.29, 1.82) is 0 Å². The fourth-order valence-corrected chi connectivity index (χ4v) is 5.97. The lowest BCUT2D eigenvalue weighted by Gasteiger charge is -2.42. The Morgan fingerprint density at radius 1 is 1.09 bits per heavy atom. The number of rotatable bonds is 3. The summed E-state index contributed by atoms with van der Waals surface area (Å²) in [6.45, 7) is 5.75. The Labute approximate surface area is 204 Å². The van der Waals surface area contributed by atoms with Crippen LogP contribution in [0.1, 0.15) is 18.4 Å². The second kappa shape index (κ2) is 8.87. The maximum atomic E-state index is 13.4. The molecule has 1 amide bonds. The predicted molar refractivity (Wildman–Crippen MR) is 133 cm³/mol. The first-order valence-corrected chi connectivity index (χ1v) is 12.6. The van der Waals surface area contributed by atoms with Crippen molar-refractivity contribution in [2.45, 2.75) is 31.4 Å². The fraction of sp³-hybridized carbons (Fsp3) is 0.462. The molecule has 1 aromatic carbocycles. The van der Waals surface area contributed by atoms with Gasteiger partial charge in [0.2, 0.25) is 0 Å². The molecule has 7 nitrogen and oxygen atoms in total. The zero-order valence-corrected chi connectivity index (χ0v) is 20.2. The minimum Gasteiger partial charge on any atom is -0.479 e. The molecule has 8 heteroatoms. The minimum atomic E-state index is -0.495. The number of halogens is 1. The third-order valence-electron chi connectivity index (χ3n) is 7.65. The summed E-state index contributed by atoms with van der Waals surface area (Å²) in [5.74, 6) is 0.851. The summed E-state index contributed by atoms with van der Waals surface area (Å²) in [5, 5.41) is 1.66. The monoisotopic (exact) mass is 479 g/mol. The van der Waals surface area contributed by atoms with Gasteiger partial charge in [-0.3, -0.25) is 9.69 Å². The van der Waals surface area contributed by atoms with Crippen molar-refractivity contribution in [2.24, 2.45) is 0 Å². The number of carbonyl (C=O) groups excluding carboxylic acids is 1. The third-order valence-corrected chi connectivity index (χ3v) is 7.87. The number of pyridine rings is 1. The Balaban J connectivity index is 1.17. The van der Waals surface area contributed by atoms with E-state index in [1.165, 1.54) is 12.8 Å². The van der Waals surface area contributed by atoms with Gasteiger partial charge in [-0.2, -0.15) is 0 Å². The van der Waals surface area contributed by atoms with Gasteiger partial charge in [-0.25, -0.2) is 4.98 Å². The Hall–Kier alpha value is -2.61. The van der Waals surface area contributed by atoms with E-state index in [-0.39, 0.29) is 5.91 Å². The van der Waals surface area contributed by atoms with Crippen molar-refractivity contribution < 1.29 is 9.53 Å². The molecule has 0 aliphatic carbocycles. The SMILES string of the molecule is CN1CCC(N2CCN(C(=O)[C@@H]3Cc4cc(Cl)cc(-c5ccnc6[nH]ccc56)c4O3)CC2)CC1. The Morgan fingerprint density at radius 3 is 2.68 bits per heavy atom. The van der Waals surface area contributed by atoms with Crippen LogP contribution in [0.3, 0.4) is 0 Å². The number of piperidine rings is 1. The second-order valence-corrected chi connectivity index (χ2v) is 10.2. The molecule has 0 unspecified atom stereocenters. The van der Waals surface area contributed by atoms with Gasteiger partial charge in [-0.15, -0.1) is 0 Å². The van der Waals surface area contributed by atoms with Gasteiger partial charge in [0.05, 0.1) is 0 Å². The summed E-state index contributed by atoms with van der Waals surface area (Å²) in [6, 6.07) is 8.49. The molecule has 3 aromatic rings. The number of nitrogens with one attached hydrogen (secondary N) is 1. The van der Waals surface area contributed by atoms with Gasteiger partial charge in [-0.1, -0.05) is 11.6 Å². The Morgan fingerprint density at radius 2 is 1.88 bits per heavy atom. The number of H-pyrrole nitrogens is 1. The van der Waals surface area contributed by atoms with Crippen LogP contribution in [0, 0.1) is 0 Å². The predicted octanol–water partition coefficient (Wildman–Crippen LogP) is 3.43. The number of fused-ring (bicyclic) bond motifs is 2. The zero-order chi connectivity index (χ0) is 23.2. The van der Waals surface area contributed by atoms with Gasteiger partial charge >= 0.3 is 0 Å². The van der Waals surface area contributed by atoms with Crippen molar-refractivity contribution in [1.82, 2.24) is 24.7 Å². The Bertz CT molecular complexity index is 1210. The van der Waals surface area contributed by atoms with Crippen LogP contribution in [0.15, 0.2) is 36.7 Å². The molecule has 1 atom stereocenters. The van der Waals surface area contributed by atoms with E-state index in [0.717, 1.165) is 72.7 Å². The molecule has 2 aromatic heterocycles. The van der Waals surface area contributed by atoms with E-state index in [4.69, 9.17) is 16.3 Å². The number of benzene rings is 1. The fourth-order valence-electron chi connectivity index (χ4n) is 5.73. The van der Waals surface area contributed by atoms with E-state index in [1.807, 2.05) is 35.4 Å². The molecule has 2 saturated heterocycles. The standard InChI is InChI=1S/C26H30ClN5O2/c1-30-8-4-19(5-9-30)31-10-12-32(13-11-31)26(33)23-15-17-14-18(27)16-22(24(17)34-23)20-2-6-28-25-21(20)3-7-29-25/h2-3,6-7,14,16,19,23H,4-5,8-13,15H2,1H3,(H,28,29)/t23-/m0/s1. The maximum absolute atomic E-state index is 13.4. The van der Waals surface area contributed by atoms with Gasteiger partial charge in [0, 0.05) is 72.6 Å². The molecular weight excluding hydrogens is 450 g/mol. The number of likely N-dealkylation sites (tertiary alicyclic amines) is 1. The van der Waals surface area contributed by atoms with Gasteiger partial charge in [-0.05, 0) is 62.8 Å². The molecule has 2 fully saturated rings. The molecule has 0 radical (unpaired) electrons. The second-order valence-electron chi connectivity index (χ2n) is 9.75. The summed E-state index contributed by atoms with van der Waals surface area (Å²) in [6.07, 6.45) is 6.16. The molecule has 34 heavy (non-hydrogen) atoms. The molecule has 1 N–H and O–H groups in total. The first kappa shape index (κ1) is 21.9. The lowest BCUT2D eigenvalue weighted by atomic mass is 9.99. The molecule has 3 aliphatic heterocycles. The van der Waals surface area contributed by atoms with Crippen molar-refractivity contribution in [3.05, 3.63) is 47.2 Å².